The van der Waals surface area contributed by atoms with Gasteiger partial charge in [-0.2, -0.15) is 0 Å². The van der Waals surface area contributed by atoms with Gasteiger partial charge in [0.15, 0.2) is 0 Å². The average Bonchev–Trinajstić information content (AvgIpc) is 2.33. The molecule has 0 aliphatic carbocycles. The Hall–Kier alpha value is -2.03. The molecule has 0 spiro atoms. The standard InChI is InChI=1S/C16H17FO2/c1-16(2,3)19-15-10-8-14(9-11-15)18-13-6-4-12(17)5-7-13/h4-11H,1-3H3. The molecule has 2 aromatic rings. The number of hydrogen-bond acceptors (Lipinski definition) is 2. The van der Waals surface area contributed by atoms with Crippen LogP contribution in [-0.2, 0) is 0 Å². The fourth-order valence-corrected chi connectivity index (χ4v) is 1.57. The molecule has 0 fully saturated rings. The van der Waals surface area contributed by atoms with Crippen LogP contribution in [0.4, 0.5) is 4.39 Å². The summed E-state index contributed by atoms with van der Waals surface area (Å²) in [5.41, 5.74) is -0.223. The molecule has 2 nitrogen and oxygen atoms in total. The monoisotopic (exact) mass is 260 g/mol. The van der Waals surface area contributed by atoms with Crippen molar-refractivity contribution in [2.75, 3.05) is 0 Å². The summed E-state index contributed by atoms with van der Waals surface area (Å²) in [5, 5.41) is 0. The Morgan fingerprint density at radius 1 is 0.737 bits per heavy atom. The van der Waals surface area contributed by atoms with Crippen molar-refractivity contribution in [1.29, 1.82) is 0 Å². The highest BCUT2D eigenvalue weighted by Crippen LogP contribution is 2.25. The molecule has 0 N–H and O–H groups in total. The summed E-state index contributed by atoms with van der Waals surface area (Å²) in [6.45, 7) is 5.99. The molecule has 0 aromatic heterocycles. The maximum Gasteiger partial charge on any atom is 0.127 e. The van der Waals surface area contributed by atoms with E-state index in [4.69, 9.17) is 9.47 Å². The topological polar surface area (TPSA) is 18.5 Å². The van der Waals surface area contributed by atoms with E-state index in [1.54, 1.807) is 12.1 Å². The first-order valence-corrected chi connectivity index (χ1v) is 6.15. The molecule has 0 unspecified atom stereocenters. The number of ether oxygens (including phenoxy) is 2. The number of hydrogen-bond donors (Lipinski definition) is 0. The molecule has 0 atom stereocenters. The smallest absolute Gasteiger partial charge is 0.127 e. The summed E-state index contributed by atoms with van der Waals surface area (Å²) in [7, 11) is 0. The molecule has 3 heteroatoms. The lowest BCUT2D eigenvalue weighted by Gasteiger charge is -2.21. The van der Waals surface area contributed by atoms with Gasteiger partial charge in [-0.25, -0.2) is 4.39 Å². The van der Waals surface area contributed by atoms with E-state index in [9.17, 15) is 4.39 Å². The van der Waals surface area contributed by atoms with E-state index in [1.807, 2.05) is 45.0 Å². The van der Waals surface area contributed by atoms with Gasteiger partial charge in [-0.1, -0.05) is 0 Å². The van der Waals surface area contributed by atoms with E-state index in [0.717, 1.165) is 5.75 Å². The Kier molecular flexibility index (Phi) is 3.74. The van der Waals surface area contributed by atoms with Crippen LogP contribution in [0.5, 0.6) is 17.2 Å². The van der Waals surface area contributed by atoms with Crippen molar-refractivity contribution in [2.24, 2.45) is 0 Å². The third-order valence-electron chi connectivity index (χ3n) is 2.30. The van der Waals surface area contributed by atoms with Gasteiger partial charge in [-0.3, -0.25) is 0 Å². The van der Waals surface area contributed by atoms with Gasteiger partial charge < -0.3 is 9.47 Å². The maximum atomic E-state index is 12.8. The van der Waals surface area contributed by atoms with Gasteiger partial charge in [0.05, 0.1) is 0 Å². The molecule has 0 radical (unpaired) electrons. The summed E-state index contributed by atoms with van der Waals surface area (Å²) in [4.78, 5) is 0. The number of benzene rings is 2. The third kappa shape index (κ3) is 4.28. The molecule has 0 aliphatic rings. The second-order valence-electron chi connectivity index (χ2n) is 5.24. The fraction of sp³-hybridized carbons (Fsp3) is 0.250. The van der Waals surface area contributed by atoms with Crippen LogP contribution in [0.1, 0.15) is 20.8 Å². The van der Waals surface area contributed by atoms with Crippen LogP contribution < -0.4 is 9.47 Å². The van der Waals surface area contributed by atoms with Crippen molar-refractivity contribution in [1.82, 2.24) is 0 Å². The molecule has 0 amide bonds. The molecule has 0 saturated carbocycles. The van der Waals surface area contributed by atoms with Gasteiger partial charge in [0, 0.05) is 0 Å². The molecule has 100 valence electrons. The zero-order valence-corrected chi connectivity index (χ0v) is 11.3. The predicted molar refractivity (Wildman–Crippen MR) is 73.3 cm³/mol. The quantitative estimate of drug-likeness (QED) is 0.789. The Morgan fingerprint density at radius 2 is 1.16 bits per heavy atom. The van der Waals surface area contributed by atoms with Crippen molar-refractivity contribution in [3.05, 3.63) is 54.3 Å². The Morgan fingerprint density at radius 3 is 1.63 bits per heavy atom. The molecule has 19 heavy (non-hydrogen) atoms. The normalized spacial score (nSPS) is 11.2. The summed E-state index contributed by atoms with van der Waals surface area (Å²) in [5.74, 6) is 1.80. The van der Waals surface area contributed by atoms with Crippen molar-refractivity contribution >= 4 is 0 Å². The summed E-state index contributed by atoms with van der Waals surface area (Å²) >= 11 is 0. The SMILES string of the molecule is CC(C)(C)Oc1ccc(Oc2ccc(F)cc2)cc1. The van der Waals surface area contributed by atoms with Crippen LogP contribution in [0.3, 0.4) is 0 Å². The number of rotatable bonds is 3. The van der Waals surface area contributed by atoms with Crippen molar-refractivity contribution in [3.63, 3.8) is 0 Å². The van der Waals surface area contributed by atoms with Gasteiger partial charge in [-0.05, 0) is 69.3 Å². The highest BCUT2D eigenvalue weighted by atomic mass is 19.1. The first kappa shape index (κ1) is 13.4. The number of halogens is 1. The van der Waals surface area contributed by atoms with Gasteiger partial charge in [0.1, 0.15) is 28.7 Å². The largest absolute Gasteiger partial charge is 0.488 e. The predicted octanol–water partition coefficient (Wildman–Crippen LogP) is 4.80. The van der Waals surface area contributed by atoms with E-state index < -0.39 is 0 Å². The maximum absolute atomic E-state index is 12.8. The minimum atomic E-state index is -0.277. The Balaban J connectivity index is 2.04. The lowest BCUT2D eigenvalue weighted by Crippen LogP contribution is -2.22. The van der Waals surface area contributed by atoms with Gasteiger partial charge in [-0.15, -0.1) is 0 Å². The molecule has 0 heterocycles. The minimum absolute atomic E-state index is 0.223. The average molecular weight is 260 g/mol. The highest BCUT2D eigenvalue weighted by molar-refractivity contribution is 5.35. The van der Waals surface area contributed by atoms with Crippen LogP contribution in [0, 0.1) is 5.82 Å². The lowest BCUT2D eigenvalue weighted by molar-refractivity contribution is 0.131. The van der Waals surface area contributed by atoms with Crippen molar-refractivity contribution in [3.8, 4) is 17.2 Å². The third-order valence-corrected chi connectivity index (χ3v) is 2.30. The summed E-state index contributed by atoms with van der Waals surface area (Å²) < 4.78 is 24.1. The summed E-state index contributed by atoms with van der Waals surface area (Å²) in [6, 6.07) is 13.3. The zero-order chi connectivity index (χ0) is 13.9. The molecule has 2 rings (SSSR count). The van der Waals surface area contributed by atoms with Crippen molar-refractivity contribution < 1.29 is 13.9 Å². The van der Waals surface area contributed by atoms with E-state index in [1.165, 1.54) is 12.1 Å². The molecule has 0 saturated heterocycles. The fourth-order valence-electron chi connectivity index (χ4n) is 1.57. The second-order valence-corrected chi connectivity index (χ2v) is 5.24. The molecule has 0 bridgehead atoms. The molecule has 0 aliphatic heterocycles. The van der Waals surface area contributed by atoms with Gasteiger partial charge in [0.25, 0.3) is 0 Å². The molecular weight excluding hydrogens is 243 g/mol. The molecular formula is C16H17FO2. The Bertz CT molecular complexity index is 524. The van der Waals surface area contributed by atoms with E-state index in [0.29, 0.717) is 11.5 Å². The second kappa shape index (κ2) is 5.31. The van der Waals surface area contributed by atoms with Gasteiger partial charge in [0.2, 0.25) is 0 Å². The minimum Gasteiger partial charge on any atom is -0.488 e. The van der Waals surface area contributed by atoms with Crippen LogP contribution in [-0.4, -0.2) is 5.60 Å². The summed E-state index contributed by atoms with van der Waals surface area (Å²) in [6.07, 6.45) is 0. The Labute approximate surface area is 112 Å². The van der Waals surface area contributed by atoms with Gasteiger partial charge >= 0.3 is 0 Å². The lowest BCUT2D eigenvalue weighted by atomic mass is 10.2. The molecule has 2 aromatic carbocycles. The first-order chi connectivity index (χ1) is 8.92. The van der Waals surface area contributed by atoms with E-state index in [2.05, 4.69) is 0 Å². The van der Waals surface area contributed by atoms with Crippen LogP contribution in [0.25, 0.3) is 0 Å². The van der Waals surface area contributed by atoms with Crippen LogP contribution >= 0.6 is 0 Å². The van der Waals surface area contributed by atoms with Crippen molar-refractivity contribution in [2.45, 2.75) is 26.4 Å². The van der Waals surface area contributed by atoms with Crippen LogP contribution in [0.2, 0.25) is 0 Å². The first-order valence-electron chi connectivity index (χ1n) is 6.15. The van der Waals surface area contributed by atoms with Crippen LogP contribution in [0.15, 0.2) is 48.5 Å². The van der Waals surface area contributed by atoms with E-state index in [-0.39, 0.29) is 11.4 Å². The highest BCUT2D eigenvalue weighted by Gasteiger charge is 2.11. The van der Waals surface area contributed by atoms with E-state index >= 15 is 0 Å². The zero-order valence-electron chi connectivity index (χ0n) is 11.3.